The van der Waals surface area contributed by atoms with Gasteiger partial charge in [-0.1, -0.05) is 19.3 Å². The summed E-state index contributed by atoms with van der Waals surface area (Å²) in [6.07, 6.45) is 9.86. The summed E-state index contributed by atoms with van der Waals surface area (Å²) in [6, 6.07) is 1.97. The summed E-state index contributed by atoms with van der Waals surface area (Å²) in [5.74, 6) is 0. The third-order valence-corrected chi connectivity index (χ3v) is 3.84. The number of thioether (sulfide) groups is 1. The summed E-state index contributed by atoms with van der Waals surface area (Å²) in [7, 11) is 0. The predicted molar refractivity (Wildman–Crippen MR) is 59.5 cm³/mol. The monoisotopic (exact) mass is 219 g/mol. The maximum Gasteiger partial charge on any atom is 0.158 e. The molecule has 0 aliphatic heterocycles. The summed E-state index contributed by atoms with van der Waals surface area (Å²) in [4.78, 5) is 8.24. The largest absolute Gasteiger partial charge is 0.245 e. The number of aromatic nitrogens is 2. The molecule has 1 aromatic heterocycles. The second kappa shape index (κ2) is 5.13. The van der Waals surface area contributed by atoms with E-state index in [2.05, 4.69) is 9.97 Å². The zero-order valence-electron chi connectivity index (χ0n) is 8.52. The normalized spacial score (nSPS) is 17.3. The molecule has 1 heterocycles. The van der Waals surface area contributed by atoms with Crippen molar-refractivity contribution < 1.29 is 0 Å². The van der Waals surface area contributed by atoms with Crippen molar-refractivity contribution in [3.8, 4) is 6.07 Å². The van der Waals surface area contributed by atoms with Gasteiger partial charge in [0.25, 0.3) is 0 Å². The molecular weight excluding hydrogens is 206 g/mol. The first-order chi connectivity index (χ1) is 7.38. The average Bonchev–Trinajstić information content (AvgIpc) is 2.31. The minimum Gasteiger partial charge on any atom is -0.245 e. The van der Waals surface area contributed by atoms with Crippen LogP contribution >= 0.6 is 11.8 Å². The van der Waals surface area contributed by atoms with Gasteiger partial charge in [-0.05, 0) is 12.8 Å². The van der Waals surface area contributed by atoms with Gasteiger partial charge in [0.05, 0.1) is 12.4 Å². The third-order valence-electron chi connectivity index (χ3n) is 2.58. The zero-order chi connectivity index (χ0) is 10.5. The van der Waals surface area contributed by atoms with E-state index in [9.17, 15) is 0 Å². The van der Waals surface area contributed by atoms with Crippen LogP contribution in [0.15, 0.2) is 17.4 Å². The van der Waals surface area contributed by atoms with Crippen LogP contribution in [0.25, 0.3) is 0 Å². The first kappa shape index (κ1) is 10.4. The van der Waals surface area contributed by atoms with Crippen molar-refractivity contribution in [1.82, 2.24) is 9.97 Å². The highest BCUT2D eigenvalue weighted by Crippen LogP contribution is 2.31. The van der Waals surface area contributed by atoms with Crippen molar-refractivity contribution in [3.63, 3.8) is 0 Å². The van der Waals surface area contributed by atoms with E-state index in [4.69, 9.17) is 5.26 Å². The van der Waals surface area contributed by atoms with Gasteiger partial charge in [-0.25, -0.2) is 9.97 Å². The molecule has 4 heteroatoms. The summed E-state index contributed by atoms with van der Waals surface area (Å²) < 4.78 is 0. The Kier molecular flexibility index (Phi) is 3.57. The summed E-state index contributed by atoms with van der Waals surface area (Å²) in [5.41, 5.74) is 0.392. The number of hydrogen-bond donors (Lipinski definition) is 0. The van der Waals surface area contributed by atoms with Crippen LogP contribution in [0, 0.1) is 11.3 Å². The number of rotatable bonds is 2. The maximum absolute atomic E-state index is 8.59. The molecule has 78 valence electrons. The molecule has 1 aromatic rings. The Morgan fingerprint density at radius 3 is 2.60 bits per heavy atom. The van der Waals surface area contributed by atoms with Crippen LogP contribution in [0.3, 0.4) is 0 Å². The van der Waals surface area contributed by atoms with Crippen molar-refractivity contribution in [1.29, 1.82) is 5.26 Å². The molecule has 2 rings (SSSR count). The molecule has 0 unspecified atom stereocenters. The molecule has 3 nitrogen and oxygen atoms in total. The maximum atomic E-state index is 8.59. The molecule has 1 aliphatic carbocycles. The number of hydrogen-bond acceptors (Lipinski definition) is 4. The van der Waals surface area contributed by atoms with Gasteiger partial charge in [0.2, 0.25) is 0 Å². The molecule has 15 heavy (non-hydrogen) atoms. The fourth-order valence-corrected chi connectivity index (χ4v) is 2.93. The molecular formula is C11H13N3S. The SMILES string of the molecule is N#Cc1cnc(SC2CCCCC2)cn1. The van der Waals surface area contributed by atoms with Gasteiger partial charge in [0.1, 0.15) is 11.1 Å². The second-order valence-corrected chi connectivity index (χ2v) is 5.05. The second-order valence-electron chi connectivity index (χ2n) is 3.73. The quantitative estimate of drug-likeness (QED) is 0.767. The highest BCUT2D eigenvalue weighted by atomic mass is 32.2. The van der Waals surface area contributed by atoms with Crippen molar-refractivity contribution in [2.75, 3.05) is 0 Å². The van der Waals surface area contributed by atoms with E-state index in [1.54, 1.807) is 24.2 Å². The molecule has 0 N–H and O–H groups in total. The minimum absolute atomic E-state index is 0.392. The van der Waals surface area contributed by atoms with E-state index in [0.717, 1.165) is 5.03 Å². The minimum atomic E-state index is 0.392. The van der Waals surface area contributed by atoms with Crippen LogP contribution in [0.1, 0.15) is 37.8 Å². The van der Waals surface area contributed by atoms with Gasteiger partial charge in [-0.15, -0.1) is 11.8 Å². The Hall–Kier alpha value is -1.08. The first-order valence-electron chi connectivity index (χ1n) is 5.27. The highest BCUT2D eigenvalue weighted by Gasteiger charge is 2.15. The smallest absolute Gasteiger partial charge is 0.158 e. The van der Waals surface area contributed by atoms with Crippen LogP contribution in [-0.4, -0.2) is 15.2 Å². The predicted octanol–water partition coefficient (Wildman–Crippen LogP) is 2.77. The third kappa shape index (κ3) is 2.93. The van der Waals surface area contributed by atoms with Crippen LogP contribution in [0.2, 0.25) is 0 Å². The summed E-state index contributed by atoms with van der Waals surface area (Å²) in [5, 5.41) is 10.2. The van der Waals surface area contributed by atoms with Crippen LogP contribution in [0.4, 0.5) is 0 Å². The van der Waals surface area contributed by atoms with Crippen molar-refractivity contribution >= 4 is 11.8 Å². The van der Waals surface area contributed by atoms with Gasteiger partial charge < -0.3 is 0 Å². The van der Waals surface area contributed by atoms with Gasteiger partial charge in [0, 0.05) is 5.25 Å². The van der Waals surface area contributed by atoms with E-state index in [1.165, 1.54) is 32.1 Å². The Labute approximate surface area is 93.9 Å². The lowest BCUT2D eigenvalue weighted by atomic mass is 10.0. The summed E-state index contributed by atoms with van der Waals surface area (Å²) >= 11 is 1.80. The molecule has 0 saturated heterocycles. The zero-order valence-corrected chi connectivity index (χ0v) is 9.33. The molecule has 1 aliphatic rings. The van der Waals surface area contributed by atoms with Gasteiger partial charge in [-0.2, -0.15) is 5.26 Å². The Balaban J connectivity index is 1.95. The molecule has 0 atom stereocenters. The standard InChI is InChI=1S/C11H13N3S/c12-6-9-7-14-11(8-13-9)15-10-4-2-1-3-5-10/h7-8,10H,1-5H2. The number of nitrogens with zero attached hydrogens (tertiary/aromatic N) is 3. The van der Waals surface area contributed by atoms with E-state index < -0.39 is 0 Å². The highest BCUT2D eigenvalue weighted by molar-refractivity contribution is 7.99. The lowest BCUT2D eigenvalue weighted by molar-refractivity contribution is 0.515. The van der Waals surface area contributed by atoms with Crippen LogP contribution < -0.4 is 0 Å². The van der Waals surface area contributed by atoms with Gasteiger partial charge >= 0.3 is 0 Å². The Morgan fingerprint density at radius 1 is 1.20 bits per heavy atom. The average molecular weight is 219 g/mol. The first-order valence-corrected chi connectivity index (χ1v) is 6.15. The van der Waals surface area contributed by atoms with Crippen LogP contribution in [0.5, 0.6) is 0 Å². The van der Waals surface area contributed by atoms with Crippen molar-refractivity contribution in [3.05, 3.63) is 18.1 Å². The lowest BCUT2D eigenvalue weighted by Gasteiger charge is -2.20. The van der Waals surface area contributed by atoms with E-state index in [0.29, 0.717) is 10.9 Å². The topological polar surface area (TPSA) is 49.6 Å². The molecule has 0 bridgehead atoms. The van der Waals surface area contributed by atoms with E-state index in [1.807, 2.05) is 6.07 Å². The summed E-state index contributed by atoms with van der Waals surface area (Å²) in [6.45, 7) is 0. The van der Waals surface area contributed by atoms with Crippen molar-refractivity contribution in [2.24, 2.45) is 0 Å². The fraction of sp³-hybridized carbons (Fsp3) is 0.545. The number of nitriles is 1. The van der Waals surface area contributed by atoms with Gasteiger partial charge in [0.15, 0.2) is 5.69 Å². The van der Waals surface area contributed by atoms with E-state index in [-0.39, 0.29) is 0 Å². The lowest BCUT2D eigenvalue weighted by Crippen LogP contribution is -2.08. The van der Waals surface area contributed by atoms with Gasteiger partial charge in [-0.3, -0.25) is 0 Å². The molecule has 0 amide bonds. The Bertz CT molecular complexity index is 349. The van der Waals surface area contributed by atoms with Crippen LogP contribution in [-0.2, 0) is 0 Å². The fourth-order valence-electron chi connectivity index (χ4n) is 1.79. The van der Waals surface area contributed by atoms with E-state index >= 15 is 0 Å². The van der Waals surface area contributed by atoms with Crippen molar-refractivity contribution in [2.45, 2.75) is 42.4 Å². The molecule has 1 fully saturated rings. The molecule has 0 aromatic carbocycles. The Morgan fingerprint density at radius 2 is 2.00 bits per heavy atom. The molecule has 1 saturated carbocycles. The molecule has 0 radical (unpaired) electrons. The molecule has 0 spiro atoms.